The lowest BCUT2D eigenvalue weighted by atomic mass is 9.70. The largest absolute Gasteiger partial charge is 0.332 e. The number of fused-ring (bicyclic) bond motifs is 3. The van der Waals surface area contributed by atoms with Crippen LogP contribution in [0.3, 0.4) is 0 Å². The molecule has 1 aliphatic carbocycles. The van der Waals surface area contributed by atoms with Crippen molar-refractivity contribution >= 4 is 22.7 Å². The molecule has 0 aliphatic heterocycles. The number of aryl methyl sites for hydroxylation is 2. The van der Waals surface area contributed by atoms with Crippen LogP contribution < -0.4 is 11.2 Å². The van der Waals surface area contributed by atoms with Crippen molar-refractivity contribution < 1.29 is 4.79 Å². The number of ketones is 1. The lowest BCUT2D eigenvalue weighted by Gasteiger charge is -2.39. The van der Waals surface area contributed by atoms with Crippen LogP contribution >= 0.6 is 0 Å². The van der Waals surface area contributed by atoms with Gasteiger partial charge in [-0.25, -0.2) is 4.79 Å². The molecular weight excluding hydrogens is 370 g/mol. The molecule has 156 valence electrons. The van der Waals surface area contributed by atoms with Crippen molar-refractivity contribution in [1.29, 1.82) is 0 Å². The van der Waals surface area contributed by atoms with E-state index in [1.807, 2.05) is 13.1 Å². The van der Waals surface area contributed by atoms with Crippen molar-refractivity contribution in [3.05, 3.63) is 32.7 Å². The Bertz CT molecular complexity index is 1250. The summed E-state index contributed by atoms with van der Waals surface area (Å²) in [5.74, 6) is 1.05. The molecule has 4 rings (SSSR count). The summed E-state index contributed by atoms with van der Waals surface area (Å²) in [4.78, 5) is 42.0. The van der Waals surface area contributed by atoms with E-state index in [0.717, 1.165) is 23.1 Å². The first-order chi connectivity index (χ1) is 13.5. The molecule has 1 saturated carbocycles. The Morgan fingerprint density at radius 1 is 1.28 bits per heavy atom. The second kappa shape index (κ2) is 6.43. The van der Waals surface area contributed by atoms with E-state index in [-0.39, 0.29) is 17.7 Å². The molecule has 0 bridgehead atoms. The zero-order chi connectivity index (χ0) is 21.2. The quantitative estimate of drug-likeness (QED) is 0.677. The number of Topliss-reactive ketones (excluding diaryl/α,β-unsaturated/α-hetero) is 1. The highest BCUT2D eigenvalue weighted by Crippen LogP contribution is 2.44. The second-order valence-electron chi connectivity index (χ2n) is 9.60. The van der Waals surface area contributed by atoms with E-state index in [2.05, 4.69) is 25.3 Å². The SMILES string of the molecule is CC(=O)Cn1c(=O)c2c(nc3n([C@@H]4C[C@@H](C)CC(C)(C)C4)c(C)cn23)n(C)c1=O. The van der Waals surface area contributed by atoms with Crippen LogP contribution in [0.5, 0.6) is 0 Å². The number of carbonyl (C=O) groups is 1. The molecule has 3 heterocycles. The van der Waals surface area contributed by atoms with Gasteiger partial charge in [-0.2, -0.15) is 4.98 Å². The first-order valence-electron chi connectivity index (χ1n) is 10.2. The maximum absolute atomic E-state index is 13.1. The zero-order valence-electron chi connectivity index (χ0n) is 18.0. The fourth-order valence-electron chi connectivity index (χ4n) is 5.33. The summed E-state index contributed by atoms with van der Waals surface area (Å²) in [5, 5.41) is 0. The molecule has 1 fully saturated rings. The molecule has 29 heavy (non-hydrogen) atoms. The number of carbonyl (C=O) groups excluding carboxylic acids is 1. The van der Waals surface area contributed by atoms with Crippen molar-refractivity contribution in [1.82, 2.24) is 23.1 Å². The first-order valence-corrected chi connectivity index (χ1v) is 10.2. The molecule has 1 aliphatic rings. The lowest BCUT2D eigenvalue weighted by Crippen LogP contribution is -2.40. The molecule has 0 spiro atoms. The van der Waals surface area contributed by atoms with Gasteiger partial charge in [-0.05, 0) is 44.4 Å². The Labute approximate surface area is 168 Å². The smallest absolute Gasteiger partial charge is 0.311 e. The van der Waals surface area contributed by atoms with Crippen molar-refractivity contribution in [2.75, 3.05) is 0 Å². The fourth-order valence-corrected chi connectivity index (χ4v) is 5.33. The number of hydrogen-bond acceptors (Lipinski definition) is 4. The minimum Gasteiger partial charge on any atom is -0.311 e. The van der Waals surface area contributed by atoms with Crippen LogP contribution in [0.25, 0.3) is 16.9 Å². The highest BCUT2D eigenvalue weighted by molar-refractivity contribution is 5.78. The minimum absolute atomic E-state index is 0.233. The number of rotatable bonds is 3. The van der Waals surface area contributed by atoms with Gasteiger partial charge in [0, 0.05) is 25.0 Å². The third-order valence-electron chi connectivity index (χ3n) is 6.18. The van der Waals surface area contributed by atoms with Crippen molar-refractivity contribution in [2.24, 2.45) is 18.4 Å². The Hall–Kier alpha value is -2.64. The summed E-state index contributed by atoms with van der Waals surface area (Å²) in [6.45, 7) is 10.1. The van der Waals surface area contributed by atoms with Crippen LogP contribution in [0.15, 0.2) is 15.8 Å². The topological polar surface area (TPSA) is 83.3 Å². The van der Waals surface area contributed by atoms with Crippen LogP contribution in [0.4, 0.5) is 0 Å². The molecule has 2 atom stereocenters. The molecule has 3 aromatic heterocycles. The predicted molar refractivity (Wildman–Crippen MR) is 111 cm³/mol. The zero-order valence-corrected chi connectivity index (χ0v) is 18.0. The van der Waals surface area contributed by atoms with Gasteiger partial charge < -0.3 is 4.57 Å². The van der Waals surface area contributed by atoms with E-state index < -0.39 is 11.2 Å². The third-order valence-corrected chi connectivity index (χ3v) is 6.18. The second-order valence-corrected chi connectivity index (χ2v) is 9.60. The summed E-state index contributed by atoms with van der Waals surface area (Å²) >= 11 is 0. The Morgan fingerprint density at radius 3 is 2.59 bits per heavy atom. The van der Waals surface area contributed by atoms with E-state index >= 15 is 0 Å². The molecule has 0 unspecified atom stereocenters. The van der Waals surface area contributed by atoms with Gasteiger partial charge in [-0.15, -0.1) is 0 Å². The number of hydrogen-bond donors (Lipinski definition) is 0. The Kier molecular flexibility index (Phi) is 4.36. The average Bonchev–Trinajstić information content (AvgIpc) is 3.09. The van der Waals surface area contributed by atoms with Crippen LogP contribution in [-0.2, 0) is 18.4 Å². The van der Waals surface area contributed by atoms with Gasteiger partial charge in [0.1, 0.15) is 5.78 Å². The monoisotopic (exact) mass is 399 g/mol. The van der Waals surface area contributed by atoms with Crippen molar-refractivity contribution in [3.8, 4) is 0 Å². The van der Waals surface area contributed by atoms with Gasteiger partial charge in [-0.3, -0.25) is 23.1 Å². The van der Waals surface area contributed by atoms with Crippen molar-refractivity contribution in [2.45, 2.75) is 66.5 Å². The van der Waals surface area contributed by atoms with Gasteiger partial charge in [0.25, 0.3) is 5.56 Å². The van der Waals surface area contributed by atoms with E-state index in [4.69, 9.17) is 4.98 Å². The van der Waals surface area contributed by atoms with Crippen LogP contribution in [0, 0.1) is 18.3 Å². The minimum atomic E-state index is -0.519. The summed E-state index contributed by atoms with van der Waals surface area (Å²) in [5.41, 5.74) is 0.980. The molecule has 8 heteroatoms. The molecular formula is C21H29N5O3. The molecule has 0 radical (unpaired) electrons. The van der Waals surface area contributed by atoms with Gasteiger partial charge in [0.15, 0.2) is 11.2 Å². The lowest BCUT2D eigenvalue weighted by molar-refractivity contribution is -0.117. The number of imidazole rings is 2. The van der Waals surface area contributed by atoms with Crippen LogP contribution in [0.1, 0.15) is 58.7 Å². The number of aromatic nitrogens is 5. The Balaban J connectivity index is 2.00. The first kappa shape index (κ1) is 19.7. The maximum atomic E-state index is 13.1. The molecule has 0 N–H and O–H groups in total. The highest BCUT2D eigenvalue weighted by Gasteiger charge is 2.34. The van der Waals surface area contributed by atoms with Gasteiger partial charge in [-0.1, -0.05) is 20.8 Å². The predicted octanol–water partition coefficient (Wildman–Crippen LogP) is 2.43. The third kappa shape index (κ3) is 3.05. The Morgan fingerprint density at radius 2 is 1.97 bits per heavy atom. The maximum Gasteiger partial charge on any atom is 0.332 e. The fraction of sp³-hybridized carbons (Fsp3) is 0.619. The molecule has 0 aromatic carbocycles. The average molecular weight is 399 g/mol. The molecule has 8 nitrogen and oxygen atoms in total. The highest BCUT2D eigenvalue weighted by atomic mass is 16.2. The summed E-state index contributed by atoms with van der Waals surface area (Å²) in [6.07, 6.45) is 5.21. The van der Waals surface area contributed by atoms with Gasteiger partial charge in [0.2, 0.25) is 5.78 Å². The molecule has 0 amide bonds. The van der Waals surface area contributed by atoms with Crippen LogP contribution in [0.2, 0.25) is 0 Å². The standard InChI is InChI=1S/C21H29N5O3/c1-12-7-15(9-21(4,5)8-12)26-13(2)10-24-16-17(22-19(24)26)23(6)20(29)25(18(16)28)11-14(3)27/h10,12,15H,7-9,11H2,1-6H3/t12-,15-/m1/s1. The summed E-state index contributed by atoms with van der Waals surface area (Å²) < 4.78 is 6.36. The van der Waals surface area contributed by atoms with Crippen LogP contribution in [-0.4, -0.2) is 28.9 Å². The van der Waals surface area contributed by atoms with Crippen molar-refractivity contribution in [3.63, 3.8) is 0 Å². The van der Waals surface area contributed by atoms with E-state index in [1.165, 1.54) is 17.9 Å². The summed E-state index contributed by atoms with van der Waals surface area (Å²) in [6, 6.07) is 0.291. The molecule has 0 saturated heterocycles. The van der Waals surface area contributed by atoms with E-state index in [9.17, 15) is 14.4 Å². The van der Waals surface area contributed by atoms with E-state index in [1.54, 1.807) is 11.4 Å². The number of nitrogens with zero attached hydrogens (tertiary/aromatic N) is 5. The summed E-state index contributed by atoms with van der Waals surface area (Å²) in [7, 11) is 1.59. The molecule has 3 aromatic rings. The van der Waals surface area contributed by atoms with E-state index in [0.29, 0.717) is 28.9 Å². The normalized spacial score (nSPS) is 21.9. The van der Waals surface area contributed by atoms with Gasteiger partial charge in [0.05, 0.1) is 6.54 Å². The van der Waals surface area contributed by atoms with Gasteiger partial charge >= 0.3 is 5.69 Å².